The zero-order valence-electron chi connectivity index (χ0n) is 15.2. The third-order valence-corrected chi connectivity index (χ3v) is 5.20. The third-order valence-electron chi connectivity index (χ3n) is 3.65. The summed E-state index contributed by atoms with van der Waals surface area (Å²) in [7, 11) is -3.56. The standard InChI is InChI=1S/C16H16ClF3N4O3S/c1-8-5-10(6-12(17)21-8)22-15(25)14-13(18)11(7-24(14)4)28(26,27)23-9(2)16(3,19)20/h5-7H,1-4H3,(H,21,22,25). The highest BCUT2D eigenvalue weighted by Crippen LogP contribution is 2.25. The summed E-state index contributed by atoms with van der Waals surface area (Å²) in [5.74, 6) is -5.88. The number of aromatic nitrogens is 2. The lowest BCUT2D eigenvalue weighted by molar-refractivity contribution is 0.0996. The maximum Gasteiger partial charge on any atom is 0.286 e. The molecule has 152 valence electrons. The lowest BCUT2D eigenvalue weighted by Crippen LogP contribution is -2.22. The number of alkyl halides is 2. The van der Waals surface area contributed by atoms with E-state index < -0.39 is 44.0 Å². The number of rotatable bonds is 5. The molecule has 1 N–H and O–H groups in total. The largest absolute Gasteiger partial charge is 0.343 e. The number of anilines is 1. The number of sulfonamides is 1. The Bertz CT molecular complexity index is 1060. The van der Waals surface area contributed by atoms with Gasteiger partial charge in [-0.1, -0.05) is 11.6 Å². The Morgan fingerprint density at radius 3 is 2.50 bits per heavy atom. The van der Waals surface area contributed by atoms with Crippen molar-refractivity contribution < 1.29 is 26.4 Å². The molecule has 0 aliphatic carbocycles. The molecule has 2 aromatic heterocycles. The highest BCUT2D eigenvalue weighted by atomic mass is 35.5. The highest BCUT2D eigenvalue weighted by molar-refractivity contribution is 7.90. The van der Waals surface area contributed by atoms with Gasteiger partial charge < -0.3 is 9.88 Å². The van der Waals surface area contributed by atoms with Crippen molar-refractivity contribution in [2.75, 3.05) is 5.32 Å². The highest BCUT2D eigenvalue weighted by Gasteiger charge is 2.32. The van der Waals surface area contributed by atoms with Gasteiger partial charge in [0.15, 0.2) is 5.82 Å². The molecule has 0 bridgehead atoms. The van der Waals surface area contributed by atoms with Crippen LogP contribution in [0.15, 0.2) is 27.6 Å². The molecule has 0 aromatic carbocycles. The quantitative estimate of drug-likeness (QED) is 0.572. The number of hydrogen-bond acceptors (Lipinski definition) is 4. The van der Waals surface area contributed by atoms with Gasteiger partial charge in [0.1, 0.15) is 15.7 Å². The molecular weight excluding hydrogens is 421 g/mol. The molecule has 0 saturated heterocycles. The molecule has 28 heavy (non-hydrogen) atoms. The Kier molecular flexibility index (Phi) is 5.90. The lowest BCUT2D eigenvalue weighted by atomic mass is 10.3. The first-order chi connectivity index (χ1) is 12.7. The van der Waals surface area contributed by atoms with E-state index >= 15 is 0 Å². The molecule has 0 saturated carbocycles. The van der Waals surface area contributed by atoms with E-state index in [2.05, 4.69) is 14.7 Å². The fourth-order valence-corrected chi connectivity index (χ4v) is 3.69. The molecule has 2 aromatic rings. The number of nitrogens with one attached hydrogen (secondary N) is 1. The normalized spacial score (nSPS) is 12.9. The van der Waals surface area contributed by atoms with Crippen molar-refractivity contribution in [3.63, 3.8) is 0 Å². The molecule has 2 heterocycles. The van der Waals surface area contributed by atoms with Crippen LogP contribution in [-0.2, 0) is 17.1 Å². The SMILES string of the molecule is CC(=NS(=O)(=O)c1cn(C)c(C(=O)Nc2cc(C)nc(Cl)c2)c1F)C(C)(F)F. The summed E-state index contributed by atoms with van der Waals surface area (Å²) in [6, 6.07) is 2.79. The topological polar surface area (TPSA) is 93.4 Å². The predicted octanol–water partition coefficient (Wildman–Crippen LogP) is 3.58. The van der Waals surface area contributed by atoms with Crippen LogP contribution in [0.3, 0.4) is 0 Å². The minimum absolute atomic E-state index is 0.0937. The molecule has 12 heteroatoms. The van der Waals surface area contributed by atoms with Gasteiger partial charge in [0.05, 0.1) is 5.71 Å². The zero-order valence-corrected chi connectivity index (χ0v) is 16.8. The first-order valence-corrected chi connectivity index (χ1v) is 9.54. The first kappa shape index (κ1) is 21.9. The van der Waals surface area contributed by atoms with Crippen molar-refractivity contribution in [1.29, 1.82) is 0 Å². The average Bonchev–Trinajstić information content (AvgIpc) is 2.80. The molecule has 0 aliphatic heterocycles. The van der Waals surface area contributed by atoms with Crippen LogP contribution < -0.4 is 5.32 Å². The van der Waals surface area contributed by atoms with Crippen LogP contribution in [0.4, 0.5) is 18.9 Å². The molecule has 1 amide bonds. The Morgan fingerprint density at radius 1 is 1.36 bits per heavy atom. The molecular formula is C16H16ClF3N4O3S. The summed E-state index contributed by atoms with van der Waals surface area (Å²) in [6.45, 7) is 2.89. The number of carbonyl (C=O) groups excluding carboxylic acids is 1. The van der Waals surface area contributed by atoms with Crippen LogP contribution in [0.2, 0.25) is 5.15 Å². The summed E-state index contributed by atoms with van der Waals surface area (Å²) in [4.78, 5) is 15.3. The number of carbonyl (C=O) groups is 1. The number of hydrogen-bond donors (Lipinski definition) is 1. The van der Waals surface area contributed by atoms with Crippen LogP contribution in [-0.4, -0.2) is 35.5 Å². The monoisotopic (exact) mass is 436 g/mol. The molecule has 7 nitrogen and oxygen atoms in total. The number of pyridine rings is 1. The second-order valence-electron chi connectivity index (χ2n) is 6.08. The van der Waals surface area contributed by atoms with Gasteiger partial charge in [-0.15, -0.1) is 0 Å². The van der Waals surface area contributed by atoms with Crippen molar-refractivity contribution in [2.24, 2.45) is 11.4 Å². The smallest absolute Gasteiger partial charge is 0.286 e. The van der Waals surface area contributed by atoms with E-state index in [0.29, 0.717) is 12.6 Å². The van der Waals surface area contributed by atoms with Gasteiger partial charge in [0.25, 0.3) is 21.9 Å². The first-order valence-electron chi connectivity index (χ1n) is 7.72. The van der Waals surface area contributed by atoms with Crippen molar-refractivity contribution >= 4 is 38.9 Å². The minimum atomic E-state index is -4.79. The van der Waals surface area contributed by atoms with Crippen LogP contribution in [0.25, 0.3) is 0 Å². The number of nitrogens with zero attached hydrogens (tertiary/aromatic N) is 3. The van der Waals surface area contributed by atoms with Crippen molar-refractivity contribution in [2.45, 2.75) is 31.6 Å². The maximum absolute atomic E-state index is 14.7. The second kappa shape index (κ2) is 7.55. The summed E-state index contributed by atoms with van der Waals surface area (Å²) >= 11 is 5.79. The number of aryl methyl sites for hydroxylation is 2. The van der Waals surface area contributed by atoms with Gasteiger partial charge in [-0.05, 0) is 26.0 Å². The third kappa shape index (κ3) is 4.71. The summed E-state index contributed by atoms with van der Waals surface area (Å²) in [5.41, 5.74) is -0.931. The van der Waals surface area contributed by atoms with Crippen molar-refractivity contribution in [3.8, 4) is 0 Å². The van der Waals surface area contributed by atoms with Crippen molar-refractivity contribution in [3.05, 3.63) is 40.7 Å². The average molecular weight is 437 g/mol. The van der Waals surface area contributed by atoms with Gasteiger partial charge in [0, 0.05) is 31.5 Å². The maximum atomic E-state index is 14.7. The van der Waals surface area contributed by atoms with E-state index in [1.165, 1.54) is 19.2 Å². The van der Waals surface area contributed by atoms with Gasteiger partial charge in [0.2, 0.25) is 0 Å². The van der Waals surface area contributed by atoms with E-state index in [9.17, 15) is 26.4 Å². The Hall–Kier alpha value is -2.40. The lowest BCUT2D eigenvalue weighted by Gasteiger charge is -2.09. The van der Waals surface area contributed by atoms with Crippen LogP contribution in [0.5, 0.6) is 0 Å². The van der Waals surface area contributed by atoms with Gasteiger partial charge >= 0.3 is 0 Å². The summed E-state index contributed by atoms with van der Waals surface area (Å²) < 4.78 is 69.4. The predicted molar refractivity (Wildman–Crippen MR) is 98.2 cm³/mol. The summed E-state index contributed by atoms with van der Waals surface area (Å²) in [6.07, 6.45) is 0.787. The van der Waals surface area contributed by atoms with E-state index in [4.69, 9.17) is 11.6 Å². The zero-order chi connectivity index (χ0) is 21.4. The second-order valence-corrected chi connectivity index (χ2v) is 8.04. The van der Waals surface area contributed by atoms with E-state index in [1.54, 1.807) is 6.92 Å². The molecule has 0 aliphatic rings. The molecule has 0 atom stereocenters. The molecule has 2 rings (SSSR count). The van der Waals surface area contributed by atoms with E-state index in [0.717, 1.165) is 17.7 Å². The Balaban J connectivity index is 2.44. The summed E-state index contributed by atoms with van der Waals surface area (Å²) in [5, 5.41) is 2.47. The van der Waals surface area contributed by atoms with Crippen molar-refractivity contribution in [1.82, 2.24) is 9.55 Å². The number of halogens is 4. The number of amides is 1. The van der Waals surface area contributed by atoms with Crippen LogP contribution >= 0.6 is 11.6 Å². The Labute approximate surface area is 164 Å². The van der Waals surface area contributed by atoms with E-state index in [1.807, 2.05) is 0 Å². The fourth-order valence-electron chi connectivity index (χ4n) is 2.21. The van der Waals surface area contributed by atoms with Crippen LogP contribution in [0, 0.1) is 12.7 Å². The molecule has 0 unspecified atom stereocenters. The molecule has 0 spiro atoms. The molecule has 0 radical (unpaired) electrons. The van der Waals surface area contributed by atoms with Gasteiger partial charge in [-0.2, -0.15) is 12.8 Å². The van der Waals surface area contributed by atoms with Crippen LogP contribution in [0.1, 0.15) is 30.0 Å². The van der Waals surface area contributed by atoms with Gasteiger partial charge in [-0.3, -0.25) is 4.79 Å². The molecule has 0 fully saturated rings. The Morgan fingerprint density at radius 2 is 1.96 bits per heavy atom. The fraction of sp³-hybridized carbons (Fsp3) is 0.312. The van der Waals surface area contributed by atoms with Gasteiger partial charge in [-0.25, -0.2) is 18.2 Å². The minimum Gasteiger partial charge on any atom is -0.343 e. The van der Waals surface area contributed by atoms with E-state index in [-0.39, 0.29) is 10.8 Å².